The lowest BCUT2D eigenvalue weighted by molar-refractivity contribution is -0.137. The third-order valence-corrected chi connectivity index (χ3v) is 5.81. The molecular weight excluding hydrogens is 496 g/mol. The Kier molecular flexibility index (Phi) is 7.23. The van der Waals surface area contributed by atoms with Gasteiger partial charge in [-0.2, -0.15) is 17.5 Å². The number of ether oxygens (including phenoxy) is 1. The molecule has 1 aromatic heterocycles. The SMILES string of the molecule is Cc1cc(OCc2c(-c3c(F)cc(Cl)cc3F)nsc2C(F)(F)F)c(F)cc1CCC(=O)O. The van der Waals surface area contributed by atoms with E-state index in [9.17, 15) is 31.1 Å². The van der Waals surface area contributed by atoms with Crippen LogP contribution >= 0.6 is 23.1 Å². The van der Waals surface area contributed by atoms with E-state index in [4.69, 9.17) is 21.4 Å². The van der Waals surface area contributed by atoms with Crippen molar-refractivity contribution < 1.29 is 41.0 Å². The van der Waals surface area contributed by atoms with Crippen LogP contribution in [0, 0.1) is 24.4 Å². The summed E-state index contributed by atoms with van der Waals surface area (Å²) in [5.74, 6) is -4.85. The monoisotopic (exact) mass is 509 g/mol. The molecule has 0 saturated heterocycles. The summed E-state index contributed by atoms with van der Waals surface area (Å²) in [5, 5.41) is 8.48. The molecule has 0 aliphatic carbocycles. The Hall–Kier alpha value is -2.79. The van der Waals surface area contributed by atoms with Crippen molar-refractivity contribution in [3.05, 3.63) is 68.3 Å². The predicted octanol–water partition coefficient (Wildman–Crippen LogP) is 6.80. The van der Waals surface area contributed by atoms with Crippen LogP contribution in [-0.2, 0) is 24.0 Å². The van der Waals surface area contributed by atoms with Crippen LogP contribution in [0.5, 0.6) is 5.75 Å². The Balaban J connectivity index is 1.98. The maximum atomic E-state index is 14.5. The number of hydrogen-bond donors (Lipinski definition) is 1. The zero-order chi connectivity index (χ0) is 24.5. The molecular formula is C21H14ClF6NO3S. The number of carboxylic acids is 1. The molecule has 2 aromatic carbocycles. The van der Waals surface area contributed by atoms with Crippen molar-refractivity contribution in [3.63, 3.8) is 0 Å². The van der Waals surface area contributed by atoms with Gasteiger partial charge >= 0.3 is 12.1 Å². The van der Waals surface area contributed by atoms with Crippen LogP contribution in [0.4, 0.5) is 26.3 Å². The first kappa shape index (κ1) is 24.8. The van der Waals surface area contributed by atoms with Gasteiger partial charge in [0.2, 0.25) is 0 Å². The first-order valence-corrected chi connectivity index (χ1v) is 10.4. The number of aromatic nitrogens is 1. The highest BCUT2D eigenvalue weighted by molar-refractivity contribution is 7.06. The van der Waals surface area contributed by atoms with Crippen molar-refractivity contribution in [3.8, 4) is 17.0 Å². The largest absolute Gasteiger partial charge is 0.486 e. The lowest BCUT2D eigenvalue weighted by Gasteiger charge is -2.14. The zero-order valence-corrected chi connectivity index (χ0v) is 18.3. The van der Waals surface area contributed by atoms with Gasteiger partial charge in [0.25, 0.3) is 0 Å². The quantitative estimate of drug-likeness (QED) is 0.356. The van der Waals surface area contributed by atoms with Gasteiger partial charge in [-0.3, -0.25) is 4.79 Å². The average molecular weight is 510 g/mol. The van der Waals surface area contributed by atoms with Crippen LogP contribution in [0.1, 0.15) is 28.0 Å². The van der Waals surface area contributed by atoms with Crippen LogP contribution in [0.2, 0.25) is 5.02 Å². The lowest BCUT2D eigenvalue weighted by atomic mass is 10.0. The van der Waals surface area contributed by atoms with E-state index in [1.54, 1.807) is 6.92 Å². The summed E-state index contributed by atoms with van der Waals surface area (Å²) in [5.41, 5.74) is -1.26. The molecule has 3 rings (SSSR count). The second-order valence-corrected chi connectivity index (χ2v) is 8.18. The van der Waals surface area contributed by atoms with Gasteiger partial charge < -0.3 is 9.84 Å². The summed E-state index contributed by atoms with van der Waals surface area (Å²) in [7, 11) is 0. The summed E-state index contributed by atoms with van der Waals surface area (Å²) >= 11 is 5.56. The van der Waals surface area contributed by atoms with E-state index in [2.05, 4.69) is 4.37 Å². The van der Waals surface area contributed by atoms with Gasteiger partial charge in [0.05, 0.1) is 11.3 Å². The van der Waals surface area contributed by atoms with Crippen molar-refractivity contribution in [2.45, 2.75) is 32.5 Å². The molecule has 0 fully saturated rings. The Morgan fingerprint density at radius 3 is 2.33 bits per heavy atom. The normalized spacial score (nSPS) is 11.6. The number of hydrogen-bond acceptors (Lipinski definition) is 4. The van der Waals surface area contributed by atoms with Gasteiger partial charge in [-0.1, -0.05) is 11.6 Å². The van der Waals surface area contributed by atoms with E-state index in [0.29, 0.717) is 11.1 Å². The molecule has 0 amide bonds. The standard InChI is InChI=1S/C21H14ClF6NO3S/c1-9-4-16(13(23)5-10(9)2-3-17(30)31)32-8-12-19(29-33-20(12)21(26,27)28)18-14(24)6-11(22)7-15(18)25/h4-7H,2-3,8H2,1H3,(H,30,31). The molecule has 0 aliphatic heterocycles. The van der Waals surface area contributed by atoms with E-state index in [0.717, 1.165) is 18.2 Å². The number of aliphatic carboxylic acids is 1. The highest BCUT2D eigenvalue weighted by Crippen LogP contribution is 2.42. The smallest absolute Gasteiger partial charge is 0.427 e. The van der Waals surface area contributed by atoms with Crippen LogP contribution in [0.25, 0.3) is 11.3 Å². The van der Waals surface area contributed by atoms with Gasteiger partial charge in [-0.05, 0) is 60.3 Å². The van der Waals surface area contributed by atoms with Gasteiger partial charge in [-0.15, -0.1) is 0 Å². The molecule has 12 heteroatoms. The number of carboxylic acid groups (broad SMARTS) is 1. The Morgan fingerprint density at radius 1 is 1.12 bits per heavy atom. The molecule has 0 unspecified atom stereocenters. The highest BCUT2D eigenvalue weighted by Gasteiger charge is 2.39. The minimum atomic E-state index is -4.90. The first-order chi connectivity index (χ1) is 15.4. The second kappa shape index (κ2) is 9.60. The Labute approximate surface area is 192 Å². The van der Waals surface area contributed by atoms with E-state index in [1.807, 2.05) is 0 Å². The van der Waals surface area contributed by atoms with Gasteiger partial charge in [-0.25, -0.2) is 13.2 Å². The van der Waals surface area contributed by atoms with Gasteiger partial charge in [0, 0.05) is 17.0 Å². The molecule has 33 heavy (non-hydrogen) atoms. The third kappa shape index (κ3) is 5.59. The minimum absolute atomic E-state index is 0.0169. The Bertz CT molecular complexity index is 1190. The molecule has 0 bridgehead atoms. The molecule has 0 radical (unpaired) electrons. The first-order valence-electron chi connectivity index (χ1n) is 9.22. The van der Waals surface area contributed by atoms with Crippen molar-refractivity contribution in [2.24, 2.45) is 0 Å². The van der Waals surface area contributed by atoms with E-state index in [1.165, 1.54) is 6.07 Å². The summed E-state index contributed by atoms with van der Waals surface area (Å²) < 4.78 is 92.5. The molecule has 0 atom stereocenters. The second-order valence-electron chi connectivity index (χ2n) is 6.97. The van der Waals surface area contributed by atoms with Gasteiger partial charge in [0.15, 0.2) is 11.6 Å². The van der Waals surface area contributed by atoms with E-state index < -0.39 is 63.7 Å². The molecule has 1 heterocycles. The molecule has 4 nitrogen and oxygen atoms in total. The molecule has 3 aromatic rings. The lowest BCUT2D eigenvalue weighted by Crippen LogP contribution is -2.09. The van der Waals surface area contributed by atoms with Crippen molar-refractivity contribution in [1.29, 1.82) is 0 Å². The fourth-order valence-electron chi connectivity index (χ4n) is 3.10. The fourth-order valence-corrected chi connectivity index (χ4v) is 4.04. The molecule has 1 N–H and O–H groups in total. The summed E-state index contributed by atoms with van der Waals surface area (Å²) in [6, 6.07) is 3.71. The van der Waals surface area contributed by atoms with Crippen molar-refractivity contribution in [2.75, 3.05) is 0 Å². The van der Waals surface area contributed by atoms with Crippen LogP contribution < -0.4 is 4.74 Å². The van der Waals surface area contributed by atoms with Crippen LogP contribution in [-0.4, -0.2) is 15.4 Å². The number of rotatable bonds is 7. The summed E-state index contributed by atoms with van der Waals surface area (Å²) in [4.78, 5) is 9.47. The molecule has 0 saturated carbocycles. The predicted molar refractivity (Wildman–Crippen MR) is 109 cm³/mol. The number of nitrogens with zero attached hydrogens (tertiary/aromatic N) is 1. The minimum Gasteiger partial charge on any atom is -0.486 e. The Morgan fingerprint density at radius 2 is 1.76 bits per heavy atom. The van der Waals surface area contributed by atoms with E-state index >= 15 is 0 Å². The van der Waals surface area contributed by atoms with Crippen LogP contribution in [0.3, 0.4) is 0 Å². The fraction of sp³-hybridized carbons (Fsp3) is 0.238. The van der Waals surface area contributed by atoms with E-state index in [-0.39, 0.29) is 29.4 Å². The van der Waals surface area contributed by atoms with Gasteiger partial charge in [0.1, 0.15) is 23.1 Å². The maximum absolute atomic E-state index is 14.5. The number of aryl methyl sites for hydroxylation is 2. The molecule has 0 aliphatic rings. The number of alkyl halides is 3. The van der Waals surface area contributed by atoms with Crippen molar-refractivity contribution >= 4 is 29.1 Å². The summed E-state index contributed by atoms with van der Waals surface area (Å²) in [6.45, 7) is 0.674. The average Bonchev–Trinajstić information content (AvgIpc) is 3.10. The number of halogens is 7. The zero-order valence-electron chi connectivity index (χ0n) is 16.7. The number of carbonyl (C=O) groups is 1. The maximum Gasteiger partial charge on any atom is 0.427 e. The highest BCUT2D eigenvalue weighted by atomic mass is 35.5. The third-order valence-electron chi connectivity index (χ3n) is 4.66. The molecule has 0 spiro atoms. The molecule has 176 valence electrons. The number of benzene rings is 2. The van der Waals surface area contributed by atoms with Crippen molar-refractivity contribution in [1.82, 2.24) is 4.37 Å². The topological polar surface area (TPSA) is 59.4 Å². The van der Waals surface area contributed by atoms with Crippen LogP contribution in [0.15, 0.2) is 24.3 Å². The summed E-state index contributed by atoms with van der Waals surface area (Å²) in [6.07, 6.45) is -5.09.